The average molecular weight is 376 g/mol. The predicted molar refractivity (Wildman–Crippen MR) is 94.3 cm³/mol. The lowest BCUT2D eigenvalue weighted by atomic mass is 9.95. The highest BCUT2D eigenvalue weighted by Gasteiger charge is 2.39. The Morgan fingerprint density at radius 1 is 0.560 bits per heavy atom. The summed E-state index contributed by atoms with van der Waals surface area (Å²) in [6, 6.07) is 0. The molecular weight excluding hydrogens is 343 g/mol. The molecule has 2 N–H and O–H groups in total. The zero-order valence-electron chi connectivity index (χ0n) is 15.1. The van der Waals surface area contributed by atoms with Crippen LogP contribution in [-0.4, -0.2) is 40.7 Å². The van der Waals surface area contributed by atoms with Crippen LogP contribution in [0.25, 0.3) is 0 Å². The third-order valence-electron chi connectivity index (χ3n) is 5.67. The molecule has 0 amide bonds. The number of aliphatic hydroxyl groups is 2. The van der Waals surface area contributed by atoms with E-state index in [-0.39, 0.29) is 30.5 Å². The maximum absolute atomic E-state index is 13.4. The van der Waals surface area contributed by atoms with Crippen LogP contribution in [0.1, 0.15) is 83.5 Å². The summed E-state index contributed by atoms with van der Waals surface area (Å²) in [5.74, 6) is 0. The van der Waals surface area contributed by atoms with Gasteiger partial charge in [0.1, 0.15) is 0 Å². The average Bonchev–Trinajstić information content (AvgIpc) is 2.60. The Morgan fingerprint density at radius 2 is 0.920 bits per heavy atom. The third kappa shape index (κ3) is 6.30. The molecule has 0 aliphatic heterocycles. The summed E-state index contributed by atoms with van der Waals surface area (Å²) >= 11 is 0. The van der Waals surface area contributed by atoms with Gasteiger partial charge in [-0.1, -0.05) is 19.3 Å². The normalized spacial score (nSPS) is 37.5. The molecule has 3 aliphatic carbocycles. The number of rotatable bonds is 6. The first-order valence-electron chi connectivity index (χ1n) is 10.0. The van der Waals surface area contributed by atoms with E-state index < -0.39 is 7.82 Å². The molecule has 0 aromatic carbocycles. The van der Waals surface area contributed by atoms with Crippen LogP contribution >= 0.6 is 7.82 Å². The maximum Gasteiger partial charge on any atom is 0.475 e. The van der Waals surface area contributed by atoms with Gasteiger partial charge < -0.3 is 10.2 Å². The Morgan fingerprint density at radius 3 is 1.32 bits per heavy atom. The van der Waals surface area contributed by atoms with Crippen molar-refractivity contribution in [1.82, 2.24) is 0 Å². The summed E-state index contributed by atoms with van der Waals surface area (Å²) < 4.78 is 31.1. The van der Waals surface area contributed by atoms with Crippen LogP contribution in [-0.2, 0) is 18.1 Å². The van der Waals surface area contributed by atoms with E-state index in [0.29, 0.717) is 51.4 Å². The molecule has 7 heteroatoms. The molecular formula is C18H33O6P. The molecule has 0 aromatic heterocycles. The van der Waals surface area contributed by atoms with E-state index in [1.54, 1.807) is 0 Å². The summed E-state index contributed by atoms with van der Waals surface area (Å²) in [6.07, 6.45) is 9.67. The van der Waals surface area contributed by atoms with Crippen LogP contribution in [0.3, 0.4) is 0 Å². The molecule has 0 aromatic rings. The van der Waals surface area contributed by atoms with E-state index in [4.69, 9.17) is 13.6 Å². The van der Waals surface area contributed by atoms with Gasteiger partial charge in [-0.3, -0.25) is 13.6 Å². The Hall–Kier alpha value is 0.0300. The highest BCUT2D eigenvalue weighted by Crippen LogP contribution is 2.56. The van der Waals surface area contributed by atoms with Crippen molar-refractivity contribution in [3.63, 3.8) is 0 Å². The zero-order valence-corrected chi connectivity index (χ0v) is 15.9. The van der Waals surface area contributed by atoms with Gasteiger partial charge in [0.25, 0.3) is 0 Å². The highest BCUT2D eigenvalue weighted by atomic mass is 31.2. The Balaban J connectivity index is 1.60. The summed E-state index contributed by atoms with van der Waals surface area (Å²) in [5.41, 5.74) is 0. The quantitative estimate of drug-likeness (QED) is 0.680. The fraction of sp³-hybridized carbons (Fsp3) is 1.00. The predicted octanol–water partition coefficient (Wildman–Crippen LogP) is 4.08. The number of hydrogen-bond acceptors (Lipinski definition) is 6. The summed E-state index contributed by atoms with van der Waals surface area (Å²) in [6.45, 7) is 0. The lowest BCUT2D eigenvalue weighted by Crippen LogP contribution is -2.28. The van der Waals surface area contributed by atoms with Crippen molar-refractivity contribution in [2.75, 3.05) is 0 Å². The van der Waals surface area contributed by atoms with Crippen molar-refractivity contribution < 1.29 is 28.3 Å². The topological polar surface area (TPSA) is 85.2 Å². The Kier molecular flexibility index (Phi) is 7.35. The minimum Gasteiger partial charge on any atom is -0.393 e. The molecule has 0 atom stereocenters. The van der Waals surface area contributed by atoms with Crippen molar-refractivity contribution in [2.24, 2.45) is 0 Å². The lowest BCUT2D eigenvalue weighted by Gasteiger charge is -2.34. The van der Waals surface area contributed by atoms with Crippen LogP contribution in [0.5, 0.6) is 0 Å². The van der Waals surface area contributed by atoms with Crippen LogP contribution in [0.2, 0.25) is 0 Å². The molecule has 0 heterocycles. The zero-order chi connectivity index (χ0) is 17.7. The van der Waals surface area contributed by atoms with Crippen LogP contribution < -0.4 is 0 Å². The number of aliphatic hydroxyl groups excluding tert-OH is 2. The smallest absolute Gasteiger partial charge is 0.393 e. The largest absolute Gasteiger partial charge is 0.475 e. The fourth-order valence-corrected chi connectivity index (χ4v) is 5.97. The van der Waals surface area contributed by atoms with Crippen molar-refractivity contribution >= 4 is 7.82 Å². The minimum atomic E-state index is -3.63. The molecule has 0 radical (unpaired) electrons. The summed E-state index contributed by atoms with van der Waals surface area (Å²) in [7, 11) is -3.63. The van der Waals surface area contributed by atoms with Gasteiger partial charge in [0, 0.05) is 0 Å². The molecule has 3 aliphatic rings. The molecule has 25 heavy (non-hydrogen) atoms. The second-order valence-electron chi connectivity index (χ2n) is 7.88. The van der Waals surface area contributed by atoms with E-state index in [1.807, 2.05) is 0 Å². The Bertz CT molecular complexity index is 409. The van der Waals surface area contributed by atoms with Gasteiger partial charge in [-0.2, -0.15) is 0 Å². The van der Waals surface area contributed by atoms with Crippen molar-refractivity contribution in [3.05, 3.63) is 0 Å². The molecule has 3 saturated carbocycles. The van der Waals surface area contributed by atoms with Gasteiger partial charge in [-0.05, 0) is 64.2 Å². The van der Waals surface area contributed by atoms with Crippen molar-refractivity contribution in [2.45, 2.75) is 114 Å². The van der Waals surface area contributed by atoms with Crippen LogP contribution in [0.15, 0.2) is 0 Å². The minimum absolute atomic E-state index is 0.0528. The molecule has 0 spiro atoms. The SMILES string of the molecule is O=P(OC1CCCCC1)(OC1CCC(O)CC1)OC1CCC(O)CC1. The molecule has 6 nitrogen and oxygen atoms in total. The molecule has 0 bridgehead atoms. The van der Waals surface area contributed by atoms with Gasteiger partial charge in [0.15, 0.2) is 0 Å². The number of phosphoric ester groups is 1. The Labute approximate surface area is 150 Å². The van der Waals surface area contributed by atoms with E-state index >= 15 is 0 Å². The van der Waals surface area contributed by atoms with Crippen molar-refractivity contribution in [3.8, 4) is 0 Å². The first kappa shape index (κ1) is 19.8. The fourth-order valence-electron chi connectivity index (χ4n) is 4.09. The van der Waals surface area contributed by atoms with E-state index in [9.17, 15) is 14.8 Å². The van der Waals surface area contributed by atoms with Gasteiger partial charge >= 0.3 is 7.82 Å². The van der Waals surface area contributed by atoms with Crippen molar-refractivity contribution in [1.29, 1.82) is 0 Å². The van der Waals surface area contributed by atoms with Crippen LogP contribution in [0.4, 0.5) is 0 Å². The third-order valence-corrected chi connectivity index (χ3v) is 7.34. The molecule has 0 saturated heterocycles. The van der Waals surface area contributed by atoms with Crippen LogP contribution in [0, 0.1) is 0 Å². The summed E-state index contributed by atoms with van der Waals surface area (Å²) in [4.78, 5) is 0. The van der Waals surface area contributed by atoms with Gasteiger partial charge in [-0.25, -0.2) is 4.57 Å². The van der Waals surface area contributed by atoms with Gasteiger partial charge in [0.05, 0.1) is 30.5 Å². The molecule has 146 valence electrons. The second-order valence-corrected chi connectivity index (χ2v) is 9.41. The molecule has 3 rings (SSSR count). The maximum atomic E-state index is 13.4. The second kappa shape index (κ2) is 9.29. The van der Waals surface area contributed by atoms with E-state index in [2.05, 4.69) is 0 Å². The van der Waals surface area contributed by atoms with E-state index in [1.165, 1.54) is 6.42 Å². The standard InChI is InChI=1S/C18H33O6P/c19-14-6-10-17(11-7-14)23-25(21,22-16-4-2-1-3-5-16)24-18-12-8-15(20)9-13-18/h14-20H,1-13H2. The van der Waals surface area contributed by atoms with E-state index in [0.717, 1.165) is 25.7 Å². The summed E-state index contributed by atoms with van der Waals surface area (Å²) in [5, 5.41) is 19.3. The molecule has 0 unspecified atom stereocenters. The highest BCUT2D eigenvalue weighted by molar-refractivity contribution is 7.48. The molecule has 3 fully saturated rings. The first-order chi connectivity index (χ1) is 12.0. The number of hydrogen-bond donors (Lipinski definition) is 2. The number of phosphoric acid groups is 1. The monoisotopic (exact) mass is 376 g/mol. The lowest BCUT2D eigenvalue weighted by molar-refractivity contribution is -0.0144. The van der Waals surface area contributed by atoms with Gasteiger partial charge in [-0.15, -0.1) is 0 Å². The van der Waals surface area contributed by atoms with Gasteiger partial charge in [0.2, 0.25) is 0 Å². The first-order valence-corrected chi connectivity index (χ1v) is 11.5.